The van der Waals surface area contributed by atoms with Crippen molar-refractivity contribution in [2.24, 2.45) is 0 Å². The summed E-state index contributed by atoms with van der Waals surface area (Å²) in [6.45, 7) is 5.99. The fourth-order valence-electron chi connectivity index (χ4n) is 3.85. The van der Waals surface area contributed by atoms with Gasteiger partial charge in [-0.3, -0.25) is 10.00 Å². The second-order valence-corrected chi connectivity index (χ2v) is 7.56. The maximum Gasteiger partial charge on any atom is 0.138 e. The van der Waals surface area contributed by atoms with Crippen LogP contribution in [0.15, 0.2) is 39.5 Å². The summed E-state index contributed by atoms with van der Waals surface area (Å²) in [5.41, 5.74) is 5.72. The van der Waals surface area contributed by atoms with Gasteiger partial charge in [-0.05, 0) is 45.4 Å². The number of rotatable bonds is 4. The zero-order chi connectivity index (χ0) is 17.4. The molecule has 1 aliphatic heterocycles. The first-order valence-corrected chi connectivity index (χ1v) is 9.38. The van der Waals surface area contributed by atoms with Gasteiger partial charge < -0.3 is 4.52 Å². The van der Waals surface area contributed by atoms with Crippen molar-refractivity contribution in [3.05, 3.63) is 57.5 Å². The molecule has 2 aromatic heterocycles. The van der Waals surface area contributed by atoms with E-state index in [2.05, 4.69) is 48.3 Å². The molecule has 130 valence electrons. The molecule has 25 heavy (non-hydrogen) atoms. The summed E-state index contributed by atoms with van der Waals surface area (Å²) in [7, 11) is 0. The molecule has 0 bridgehead atoms. The van der Waals surface area contributed by atoms with E-state index in [-0.39, 0.29) is 0 Å². The van der Waals surface area contributed by atoms with Gasteiger partial charge in [-0.2, -0.15) is 5.10 Å². The smallest absolute Gasteiger partial charge is 0.138 e. The van der Waals surface area contributed by atoms with Gasteiger partial charge in [0.15, 0.2) is 0 Å². The molecule has 0 radical (unpaired) electrons. The van der Waals surface area contributed by atoms with Crippen molar-refractivity contribution in [3.8, 4) is 11.3 Å². The Balaban J connectivity index is 1.62. The number of aryl methyl sites for hydroxylation is 2. The first-order valence-electron chi connectivity index (χ1n) is 8.58. The van der Waals surface area contributed by atoms with Crippen LogP contribution in [-0.2, 0) is 6.54 Å². The number of hydrogen-bond donors (Lipinski definition) is 1. The average Bonchev–Trinajstić information content (AvgIpc) is 3.30. The Hall–Kier alpha value is -1.92. The van der Waals surface area contributed by atoms with Crippen LogP contribution in [0.1, 0.15) is 41.5 Å². The van der Waals surface area contributed by atoms with E-state index in [0.29, 0.717) is 6.04 Å². The van der Waals surface area contributed by atoms with Gasteiger partial charge in [-0.25, -0.2) is 0 Å². The summed E-state index contributed by atoms with van der Waals surface area (Å²) in [5, 5.41) is 11.6. The first kappa shape index (κ1) is 16.5. The molecule has 5 nitrogen and oxygen atoms in total. The molecule has 0 saturated carbocycles. The predicted molar refractivity (Wildman–Crippen MR) is 100 cm³/mol. The zero-order valence-electron chi connectivity index (χ0n) is 14.4. The Labute approximate surface area is 155 Å². The van der Waals surface area contributed by atoms with Gasteiger partial charge in [-0.1, -0.05) is 33.2 Å². The second-order valence-electron chi connectivity index (χ2n) is 6.65. The number of halogens is 1. The SMILES string of the molecule is Cc1noc(C)c1C1CCCN1Cc1cn[nH]c1-c1cccc(Br)c1. The first-order chi connectivity index (χ1) is 12.1. The maximum atomic E-state index is 5.40. The molecular formula is C19H21BrN4O. The number of H-pyrrole nitrogens is 1. The molecule has 1 aliphatic rings. The van der Waals surface area contributed by atoms with Crippen LogP contribution in [0.3, 0.4) is 0 Å². The highest BCUT2D eigenvalue weighted by Crippen LogP contribution is 2.37. The Morgan fingerprint density at radius 3 is 3.00 bits per heavy atom. The van der Waals surface area contributed by atoms with Crippen LogP contribution in [0.2, 0.25) is 0 Å². The Morgan fingerprint density at radius 1 is 1.36 bits per heavy atom. The standard InChI is InChI=1S/C19H21BrN4O/c1-12-18(13(2)25-23-12)17-7-4-8-24(17)11-15-10-21-22-19(15)14-5-3-6-16(20)9-14/h3,5-6,9-10,17H,4,7-8,11H2,1-2H3,(H,21,22). The van der Waals surface area contributed by atoms with Crippen molar-refractivity contribution in [3.63, 3.8) is 0 Å². The third-order valence-corrected chi connectivity index (χ3v) is 5.48. The van der Waals surface area contributed by atoms with E-state index in [0.717, 1.165) is 46.7 Å². The summed E-state index contributed by atoms with van der Waals surface area (Å²) >= 11 is 3.55. The molecule has 1 aromatic carbocycles. The van der Waals surface area contributed by atoms with Crippen molar-refractivity contribution in [2.75, 3.05) is 6.54 Å². The number of nitrogens with zero attached hydrogens (tertiary/aromatic N) is 3. The lowest BCUT2D eigenvalue weighted by molar-refractivity contribution is 0.246. The van der Waals surface area contributed by atoms with Crippen LogP contribution in [0.4, 0.5) is 0 Å². The van der Waals surface area contributed by atoms with E-state index in [4.69, 9.17) is 4.52 Å². The maximum absolute atomic E-state index is 5.40. The van der Waals surface area contributed by atoms with E-state index < -0.39 is 0 Å². The lowest BCUT2D eigenvalue weighted by Gasteiger charge is -2.24. The van der Waals surface area contributed by atoms with Gasteiger partial charge in [0.05, 0.1) is 17.6 Å². The minimum atomic E-state index is 0.372. The molecule has 3 aromatic rings. The van der Waals surface area contributed by atoms with Crippen molar-refractivity contribution < 1.29 is 4.52 Å². The van der Waals surface area contributed by atoms with Gasteiger partial charge in [0, 0.05) is 33.7 Å². The topological polar surface area (TPSA) is 58.0 Å². The Bertz CT molecular complexity index is 866. The fraction of sp³-hybridized carbons (Fsp3) is 0.368. The average molecular weight is 401 g/mol. The van der Waals surface area contributed by atoms with E-state index >= 15 is 0 Å². The van der Waals surface area contributed by atoms with Gasteiger partial charge in [-0.15, -0.1) is 0 Å². The summed E-state index contributed by atoms with van der Waals surface area (Å²) in [6.07, 6.45) is 4.28. The van der Waals surface area contributed by atoms with Crippen LogP contribution in [0.25, 0.3) is 11.3 Å². The van der Waals surface area contributed by atoms with E-state index in [1.165, 1.54) is 17.5 Å². The minimum Gasteiger partial charge on any atom is -0.361 e. The molecule has 6 heteroatoms. The quantitative estimate of drug-likeness (QED) is 0.684. The van der Waals surface area contributed by atoms with Crippen LogP contribution in [0, 0.1) is 13.8 Å². The molecule has 0 aliphatic carbocycles. The molecule has 0 spiro atoms. The summed E-state index contributed by atoms with van der Waals surface area (Å²) < 4.78 is 6.47. The van der Waals surface area contributed by atoms with Crippen molar-refractivity contribution >= 4 is 15.9 Å². The van der Waals surface area contributed by atoms with E-state index in [1.54, 1.807) is 0 Å². The Morgan fingerprint density at radius 2 is 2.24 bits per heavy atom. The lowest BCUT2D eigenvalue weighted by Crippen LogP contribution is -2.23. The number of aromatic amines is 1. The molecule has 0 amide bonds. The second kappa shape index (κ2) is 6.77. The molecule has 4 rings (SSSR count). The third kappa shape index (κ3) is 3.16. The van der Waals surface area contributed by atoms with Crippen LogP contribution < -0.4 is 0 Å². The summed E-state index contributed by atoms with van der Waals surface area (Å²) in [4.78, 5) is 2.51. The minimum absolute atomic E-state index is 0.372. The third-order valence-electron chi connectivity index (χ3n) is 4.99. The number of nitrogens with one attached hydrogen (secondary N) is 1. The number of benzene rings is 1. The van der Waals surface area contributed by atoms with Crippen molar-refractivity contribution in [1.82, 2.24) is 20.3 Å². The molecular weight excluding hydrogens is 380 g/mol. The molecule has 1 saturated heterocycles. The monoisotopic (exact) mass is 400 g/mol. The summed E-state index contributed by atoms with van der Waals surface area (Å²) in [6, 6.07) is 8.68. The summed E-state index contributed by atoms with van der Waals surface area (Å²) in [5.74, 6) is 0.939. The van der Waals surface area contributed by atoms with E-state index in [9.17, 15) is 0 Å². The van der Waals surface area contributed by atoms with Crippen molar-refractivity contribution in [2.45, 2.75) is 39.3 Å². The van der Waals surface area contributed by atoms with E-state index in [1.807, 2.05) is 32.2 Å². The van der Waals surface area contributed by atoms with Crippen LogP contribution >= 0.6 is 15.9 Å². The number of likely N-dealkylation sites (tertiary alicyclic amines) is 1. The predicted octanol–water partition coefficient (Wildman–Crippen LogP) is 4.78. The highest BCUT2D eigenvalue weighted by Gasteiger charge is 2.31. The number of hydrogen-bond acceptors (Lipinski definition) is 4. The van der Waals surface area contributed by atoms with Gasteiger partial charge >= 0.3 is 0 Å². The molecule has 1 fully saturated rings. The molecule has 1 atom stereocenters. The highest BCUT2D eigenvalue weighted by molar-refractivity contribution is 9.10. The number of aromatic nitrogens is 3. The lowest BCUT2D eigenvalue weighted by atomic mass is 10.0. The van der Waals surface area contributed by atoms with Crippen LogP contribution in [0.5, 0.6) is 0 Å². The van der Waals surface area contributed by atoms with Crippen LogP contribution in [-0.4, -0.2) is 26.8 Å². The largest absolute Gasteiger partial charge is 0.361 e. The van der Waals surface area contributed by atoms with Gasteiger partial charge in [0.25, 0.3) is 0 Å². The normalized spacial score (nSPS) is 18.1. The fourth-order valence-corrected chi connectivity index (χ4v) is 4.25. The zero-order valence-corrected chi connectivity index (χ0v) is 16.0. The molecule has 3 heterocycles. The van der Waals surface area contributed by atoms with Gasteiger partial charge in [0.1, 0.15) is 5.76 Å². The Kier molecular flexibility index (Phi) is 4.48. The van der Waals surface area contributed by atoms with Gasteiger partial charge in [0.2, 0.25) is 0 Å². The highest BCUT2D eigenvalue weighted by atomic mass is 79.9. The van der Waals surface area contributed by atoms with Crippen molar-refractivity contribution in [1.29, 1.82) is 0 Å². The molecule has 1 unspecified atom stereocenters. The molecule has 1 N–H and O–H groups in total.